The highest BCUT2D eigenvalue weighted by molar-refractivity contribution is 6.60. The summed E-state index contributed by atoms with van der Waals surface area (Å²) >= 11 is 0. The molecule has 0 aliphatic rings. The lowest BCUT2D eigenvalue weighted by molar-refractivity contribution is 0.123. The summed E-state index contributed by atoms with van der Waals surface area (Å²) in [6, 6.07) is 0.871. The van der Waals surface area contributed by atoms with E-state index in [0.717, 1.165) is 25.6 Å². The zero-order chi connectivity index (χ0) is 11.6. The lowest BCUT2D eigenvalue weighted by Gasteiger charge is -2.24. The fourth-order valence-corrected chi connectivity index (χ4v) is 3.14. The maximum atomic E-state index is 5.33. The summed E-state index contributed by atoms with van der Waals surface area (Å²) in [5, 5.41) is 3.39. The molecule has 4 nitrogen and oxygen atoms in total. The summed E-state index contributed by atoms with van der Waals surface area (Å²) in [5.41, 5.74) is 0. The maximum Gasteiger partial charge on any atom is 0.500 e. The van der Waals surface area contributed by atoms with Crippen LogP contribution >= 0.6 is 0 Å². The van der Waals surface area contributed by atoms with Crippen LogP contribution in [0.4, 0.5) is 0 Å². The van der Waals surface area contributed by atoms with Crippen LogP contribution in [-0.4, -0.2) is 43.2 Å². The minimum absolute atomic E-state index is 0.871. The molecular formula is C10H25NO3Si. The lowest BCUT2D eigenvalue weighted by atomic mass is 10.3. The number of rotatable bonds is 10. The Hall–Kier alpha value is 0.0569. The van der Waals surface area contributed by atoms with Crippen molar-refractivity contribution in [3.05, 3.63) is 0 Å². The summed E-state index contributed by atoms with van der Waals surface area (Å²) < 4.78 is 16.0. The van der Waals surface area contributed by atoms with Gasteiger partial charge in [0.2, 0.25) is 0 Å². The van der Waals surface area contributed by atoms with E-state index in [1.54, 1.807) is 21.3 Å². The van der Waals surface area contributed by atoms with Crippen LogP contribution in [0.5, 0.6) is 0 Å². The van der Waals surface area contributed by atoms with Crippen LogP contribution in [0.2, 0.25) is 6.04 Å². The molecule has 0 saturated heterocycles. The van der Waals surface area contributed by atoms with Gasteiger partial charge in [0.25, 0.3) is 0 Å². The third-order valence-corrected chi connectivity index (χ3v) is 5.31. The number of hydrogen-bond donors (Lipinski definition) is 1. The fourth-order valence-electron chi connectivity index (χ4n) is 1.41. The molecule has 0 unspecified atom stereocenters. The van der Waals surface area contributed by atoms with Crippen molar-refractivity contribution >= 4 is 8.80 Å². The van der Waals surface area contributed by atoms with Crippen LogP contribution in [0.1, 0.15) is 26.2 Å². The topological polar surface area (TPSA) is 39.7 Å². The average Bonchev–Trinajstić information content (AvgIpc) is 2.29. The van der Waals surface area contributed by atoms with Gasteiger partial charge >= 0.3 is 8.80 Å². The molecule has 0 amide bonds. The van der Waals surface area contributed by atoms with Crippen LogP contribution in [-0.2, 0) is 13.3 Å². The molecule has 5 heteroatoms. The molecule has 0 atom stereocenters. The first-order chi connectivity index (χ1) is 7.24. The Kier molecular flexibility index (Phi) is 9.33. The van der Waals surface area contributed by atoms with Crippen LogP contribution < -0.4 is 5.32 Å². The maximum absolute atomic E-state index is 5.33. The molecule has 15 heavy (non-hydrogen) atoms. The average molecular weight is 235 g/mol. The van der Waals surface area contributed by atoms with Gasteiger partial charge in [0.1, 0.15) is 0 Å². The van der Waals surface area contributed by atoms with Gasteiger partial charge in [-0.2, -0.15) is 0 Å². The molecule has 0 heterocycles. The highest BCUT2D eigenvalue weighted by atomic mass is 28.4. The van der Waals surface area contributed by atoms with Crippen molar-refractivity contribution in [1.29, 1.82) is 0 Å². The molecule has 0 fully saturated rings. The van der Waals surface area contributed by atoms with Crippen LogP contribution in [0, 0.1) is 0 Å². The summed E-state index contributed by atoms with van der Waals surface area (Å²) in [4.78, 5) is 0. The molecule has 0 radical (unpaired) electrons. The highest BCUT2D eigenvalue weighted by Crippen LogP contribution is 2.14. The first-order valence-electron chi connectivity index (χ1n) is 5.60. The lowest BCUT2D eigenvalue weighted by Crippen LogP contribution is -2.43. The van der Waals surface area contributed by atoms with Gasteiger partial charge in [0.05, 0.1) is 0 Å². The third kappa shape index (κ3) is 6.27. The van der Waals surface area contributed by atoms with Crippen molar-refractivity contribution in [1.82, 2.24) is 5.32 Å². The molecular weight excluding hydrogens is 210 g/mol. The van der Waals surface area contributed by atoms with Crippen molar-refractivity contribution < 1.29 is 13.3 Å². The van der Waals surface area contributed by atoms with Gasteiger partial charge in [-0.25, -0.2) is 0 Å². The van der Waals surface area contributed by atoms with Crippen molar-refractivity contribution in [3.63, 3.8) is 0 Å². The fraction of sp³-hybridized carbons (Fsp3) is 1.00. The summed E-state index contributed by atoms with van der Waals surface area (Å²) in [6.45, 7) is 4.29. The van der Waals surface area contributed by atoms with Crippen molar-refractivity contribution in [2.24, 2.45) is 0 Å². The van der Waals surface area contributed by atoms with Crippen molar-refractivity contribution in [2.75, 3.05) is 34.4 Å². The van der Waals surface area contributed by atoms with E-state index in [9.17, 15) is 0 Å². The molecule has 0 saturated carbocycles. The minimum atomic E-state index is -2.33. The Morgan fingerprint density at radius 3 is 1.93 bits per heavy atom. The summed E-state index contributed by atoms with van der Waals surface area (Å²) in [5.74, 6) is 0. The Labute approximate surface area is 94.7 Å². The standard InChI is InChI=1S/C10H25NO3Si/c1-5-6-8-11-9-7-10-15(12-2,13-3)14-4/h11H,5-10H2,1-4H3. The van der Waals surface area contributed by atoms with Gasteiger partial charge < -0.3 is 18.6 Å². The van der Waals surface area contributed by atoms with Gasteiger partial charge in [-0.15, -0.1) is 0 Å². The predicted molar refractivity (Wildman–Crippen MR) is 64.0 cm³/mol. The van der Waals surface area contributed by atoms with Gasteiger partial charge in [0.15, 0.2) is 0 Å². The zero-order valence-electron chi connectivity index (χ0n) is 10.5. The van der Waals surface area contributed by atoms with E-state index in [1.165, 1.54) is 12.8 Å². The van der Waals surface area contributed by atoms with E-state index in [-0.39, 0.29) is 0 Å². The van der Waals surface area contributed by atoms with E-state index < -0.39 is 8.80 Å². The first kappa shape index (κ1) is 15.1. The first-order valence-corrected chi connectivity index (χ1v) is 7.54. The molecule has 1 N–H and O–H groups in total. The quantitative estimate of drug-likeness (QED) is 0.462. The SMILES string of the molecule is CCCCNCCC[Si](OC)(OC)OC. The molecule has 0 aromatic heterocycles. The smallest absolute Gasteiger partial charge is 0.377 e. The van der Waals surface area contributed by atoms with E-state index in [4.69, 9.17) is 13.3 Å². The Balaban J connectivity index is 3.54. The summed E-state index contributed by atoms with van der Waals surface area (Å²) in [6.07, 6.45) is 3.51. The van der Waals surface area contributed by atoms with E-state index in [1.807, 2.05) is 0 Å². The Morgan fingerprint density at radius 1 is 0.933 bits per heavy atom. The zero-order valence-corrected chi connectivity index (χ0v) is 11.5. The highest BCUT2D eigenvalue weighted by Gasteiger charge is 2.36. The van der Waals surface area contributed by atoms with Gasteiger partial charge in [-0.3, -0.25) is 0 Å². The van der Waals surface area contributed by atoms with Crippen molar-refractivity contribution in [2.45, 2.75) is 32.2 Å². The van der Waals surface area contributed by atoms with E-state index >= 15 is 0 Å². The normalized spacial score (nSPS) is 12.0. The molecule has 0 aromatic carbocycles. The molecule has 0 aliphatic heterocycles. The van der Waals surface area contributed by atoms with E-state index in [0.29, 0.717) is 0 Å². The monoisotopic (exact) mass is 235 g/mol. The van der Waals surface area contributed by atoms with Gasteiger partial charge in [0, 0.05) is 27.4 Å². The van der Waals surface area contributed by atoms with Crippen LogP contribution in [0.3, 0.4) is 0 Å². The van der Waals surface area contributed by atoms with Gasteiger partial charge in [-0.05, 0) is 25.9 Å². The molecule has 0 bridgehead atoms. The number of hydrogen-bond acceptors (Lipinski definition) is 4. The largest absolute Gasteiger partial charge is 0.500 e. The van der Waals surface area contributed by atoms with Gasteiger partial charge in [-0.1, -0.05) is 13.3 Å². The summed E-state index contributed by atoms with van der Waals surface area (Å²) in [7, 11) is 2.64. The van der Waals surface area contributed by atoms with E-state index in [2.05, 4.69) is 12.2 Å². The second-order valence-electron chi connectivity index (χ2n) is 3.50. The Bertz CT molecular complexity index is 134. The third-order valence-electron chi connectivity index (χ3n) is 2.48. The Morgan fingerprint density at radius 2 is 1.47 bits per heavy atom. The number of unbranched alkanes of at least 4 members (excludes halogenated alkanes) is 1. The molecule has 0 aromatic rings. The molecule has 0 spiro atoms. The second-order valence-corrected chi connectivity index (χ2v) is 6.59. The van der Waals surface area contributed by atoms with Crippen LogP contribution in [0.25, 0.3) is 0 Å². The van der Waals surface area contributed by atoms with Crippen LogP contribution in [0.15, 0.2) is 0 Å². The number of nitrogens with one attached hydrogen (secondary N) is 1. The second kappa shape index (κ2) is 9.29. The van der Waals surface area contributed by atoms with Crippen molar-refractivity contribution in [3.8, 4) is 0 Å². The predicted octanol–water partition coefficient (Wildman–Crippen LogP) is 1.64. The molecule has 0 rings (SSSR count). The molecule has 0 aliphatic carbocycles. The molecule has 92 valence electrons. The minimum Gasteiger partial charge on any atom is -0.377 e.